The maximum atomic E-state index is 11.5. The second-order valence-electron chi connectivity index (χ2n) is 3.76. The highest BCUT2D eigenvalue weighted by atomic mass is 35.5. The predicted molar refractivity (Wildman–Crippen MR) is 63.2 cm³/mol. The van der Waals surface area contributed by atoms with Crippen LogP contribution in [0.15, 0.2) is 24.3 Å². The first-order valence-electron chi connectivity index (χ1n) is 4.97. The van der Waals surface area contributed by atoms with Crippen molar-refractivity contribution in [2.24, 2.45) is 0 Å². The maximum absolute atomic E-state index is 11.5. The molecule has 1 amide bonds. The van der Waals surface area contributed by atoms with Gasteiger partial charge in [-0.1, -0.05) is 23.7 Å². The van der Waals surface area contributed by atoms with E-state index < -0.39 is 0 Å². The fraction of sp³-hybridized carbons (Fsp3) is 0.333. The molecule has 0 N–H and O–H groups in total. The summed E-state index contributed by atoms with van der Waals surface area (Å²) >= 11 is 5.75. The second-order valence-corrected chi connectivity index (χ2v) is 4.19. The van der Waals surface area contributed by atoms with Gasteiger partial charge in [-0.2, -0.15) is 0 Å². The monoisotopic (exact) mass is 239 g/mol. The van der Waals surface area contributed by atoms with E-state index in [2.05, 4.69) is 0 Å². The van der Waals surface area contributed by atoms with Crippen molar-refractivity contribution in [3.8, 4) is 0 Å². The van der Waals surface area contributed by atoms with Gasteiger partial charge in [-0.15, -0.1) is 0 Å². The van der Waals surface area contributed by atoms with Crippen LogP contribution >= 0.6 is 11.6 Å². The molecule has 0 bridgehead atoms. The second kappa shape index (κ2) is 5.66. The first-order chi connectivity index (χ1) is 7.49. The number of Topliss-reactive ketones (excluding diaryl/α,β-unsaturated/α-hetero) is 1. The van der Waals surface area contributed by atoms with Crippen LogP contribution in [0.1, 0.15) is 18.9 Å². The van der Waals surface area contributed by atoms with Gasteiger partial charge in [0.25, 0.3) is 0 Å². The van der Waals surface area contributed by atoms with E-state index in [0.717, 1.165) is 5.56 Å². The summed E-state index contributed by atoms with van der Waals surface area (Å²) in [6, 6.07) is 7.28. The van der Waals surface area contributed by atoms with Crippen LogP contribution in [0.2, 0.25) is 5.02 Å². The van der Waals surface area contributed by atoms with Crippen LogP contribution in [0.4, 0.5) is 0 Å². The number of ketones is 1. The lowest BCUT2D eigenvalue weighted by molar-refractivity contribution is -0.134. The van der Waals surface area contributed by atoms with E-state index in [9.17, 15) is 9.59 Å². The SMILES string of the molecule is CC(=O)CC(=O)N(C)Cc1ccc(Cl)cc1. The molecule has 1 aromatic carbocycles. The summed E-state index contributed by atoms with van der Waals surface area (Å²) in [5, 5.41) is 0.668. The summed E-state index contributed by atoms with van der Waals surface area (Å²) in [5.41, 5.74) is 0.990. The molecule has 0 saturated heterocycles. The van der Waals surface area contributed by atoms with Gasteiger partial charge >= 0.3 is 0 Å². The third-order valence-electron chi connectivity index (χ3n) is 2.16. The molecular weight excluding hydrogens is 226 g/mol. The summed E-state index contributed by atoms with van der Waals surface area (Å²) < 4.78 is 0. The Bertz CT molecular complexity index is 387. The summed E-state index contributed by atoms with van der Waals surface area (Å²) in [7, 11) is 1.68. The first-order valence-corrected chi connectivity index (χ1v) is 5.34. The average molecular weight is 240 g/mol. The van der Waals surface area contributed by atoms with Crippen LogP contribution in [0.5, 0.6) is 0 Å². The number of carbonyl (C=O) groups excluding carboxylic acids is 2. The summed E-state index contributed by atoms with van der Waals surface area (Å²) in [4.78, 5) is 23.8. The number of hydrogen-bond donors (Lipinski definition) is 0. The zero-order chi connectivity index (χ0) is 12.1. The Morgan fingerprint density at radius 3 is 2.31 bits per heavy atom. The molecule has 0 spiro atoms. The standard InChI is InChI=1S/C12H14ClNO2/c1-9(15)7-12(16)14(2)8-10-3-5-11(13)6-4-10/h3-6H,7-8H2,1-2H3. The topological polar surface area (TPSA) is 37.4 Å². The van der Waals surface area contributed by atoms with Gasteiger partial charge in [0.1, 0.15) is 5.78 Å². The van der Waals surface area contributed by atoms with Gasteiger partial charge in [0.15, 0.2) is 0 Å². The molecule has 0 radical (unpaired) electrons. The Hall–Kier alpha value is -1.35. The lowest BCUT2D eigenvalue weighted by Crippen LogP contribution is -2.27. The van der Waals surface area contributed by atoms with E-state index in [1.807, 2.05) is 12.1 Å². The van der Waals surface area contributed by atoms with Crippen molar-refractivity contribution in [1.29, 1.82) is 0 Å². The van der Waals surface area contributed by atoms with Crippen molar-refractivity contribution in [3.63, 3.8) is 0 Å². The molecule has 4 heteroatoms. The number of amides is 1. The number of halogens is 1. The van der Waals surface area contributed by atoms with Crippen LogP contribution in [0.3, 0.4) is 0 Å². The molecule has 0 heterocycles. The van der Waals surface area contributed by atoms with Crippen molar-refractivity contribution in [2.45, 2.75) is 19.9 Å². The number of carbonyl (C=O) groups is 2. The van der Waals surface area contributed by atoms with E-state index >= 15 is 0 Å². The van der Waals surface area contributed by atoms with Crippen LogP contribution in [-0.2, 0) is 16.1 Å². The van der Waals surface area contributed by atoms with Crippen molar-refractivity contribution < 1.29 is 9.59 Å². The van der Waals surface area contributed by atoms with Crippen molar-refractivity contribution in [3.05, 3.63) is 34.9 Å². The van der Waals surface area contributed by atoms with E-state index in [1.165, 1.54) is 11.8 Å². The molecule has 16 heavy (non-hydrogen) atoms. The van der Waals surface area contributed by atoms with Crippen LogP contribution in [0, 0.1) is 0 Å². The smallest absolute Gasteiger partial charge is 0.230 e. The lowest BCUT2D eigenvalue weighted by atomic mass is 10.2. The highest BCUT2D eigenvalue weighted by molar-refractivity contribution is 6.30. The van der Waals surface area contributed by atoms with E-state index in [4.69, 9.17) is 11.6 Å². The Kier molecular flexibility index (Phi) is 4.50. The number of benzene rings is 1. The van der Waals surface area contributed by atoms with Crippen LogP contribution in [-0.4, -0.2) is 23.6 Å². The van der Waals surface area contributed by atoms with Crippen molar-refractivity contribution >= 4 is 23.3 Å². The highest BCUT2D eigenvalue weighted by Crippen LogP contribution is 2.11. The summed E-state index contributed by atoms with van der Waals surface area (Å²) in [6.45, 7) is 1.90. The summed E-state index contributed by atoms with van der Waals surface area (Å²) in [6.07, 6.45) is -0.0376. The Morgan fingerprint density at radius 2 is 1.81 bits per heavy atom. The zero-order valence-electron chi connectivity index (χ0n) is 9.37. The predicted octanol–water partition coefficient (Wildman–Crippen LogP) is 2.28. The molecule has 0 atom stereocenters. The van der Waals surface area contributed by atoms with Crippen molar-refractivity contribution in [2.75, 3.05) is 7.05 Å². The summed E-state index contributed by atoms with van der Waals surface area (Å²) in [5.74, 6) is -0.282. The van der Waals surface area contributed by atoms with Gasteiger partial charge < -0.3 is 4.90 Å². The van der Waals surface area contributed by atoms with E-state index in [0.29, 0.717) is 11.6 Å². The van der Waals surface area contributed by atoms with E-state index in [1.54, 1.807) is 19.2 Å². The molecule has 0 aliphatic rings. The minimum Gasteiger partial charge on any atom is -0.341 e. The minimum atomic E-state index is -0.164. The minimum absolute atomic E-state index is 0.0376. The normalized spacial score (nSPS) is 9.94. The van der Waals surface area contributed by atoms with Crippen molar-refractivity contribution in [1.82, 2.24) is 4.90 Å². The molecule has 1 aromatic rings. The molecule has 0 aliphatic carbocycles. The van der Waals surface area contributed by atoms with E-state index in [-0.39, 0.29) is 18.1 Å². The molecule has 0 aromatic heterocycles. The lowest BCUT2D eigenvalue weighted by Gasteiger charge is -2.16. The molecule has 0 fully saturated rings. The van der Waals surface area contributed by atoms with Gasteiger partial charge in [0.05, 0.1) is 6.42 Å². The maximum Gasteiger partial charge on any atom is 0.230 e. The molecule has 0 aliphatic heterocycles. The van der Waals surface area contributed by atoms with Gasteiger partial charge in [-0.25, -0.2) is 0 Å². The molecule has 0 saturated carbocycles. The highest BCUT2D eigenvalue weighted by Gasteiger charge is 2.11. The Labute approximate surface area is 100 Å². The average Bonchev–Trinajstić information content (AvgIpc) is 2.20. The third-order valence-corrected chi connectivity index (χ3v) is 2.41. The molecular formula is C12H14ClNO2. The largest absolute Gasteiger partial charge is 0.341 e. The van der Waals surface area contributed by atoms with Gasteiger partial charge in [0.2, 0.25) is 5.91 Å². The van der Waals surface area contributed by atoms with Crippen LogP contribution < -0.4 is 0 Å². The van der Waals surface area contributed by atoms with Gasteiger partial charge in [0, 0.05) is 18.6 Å². The number of nitrogens with zero attached hydrogens (tertiary/aromatic N) is 1. The number of rotatable bonds is 4. The third kappa shape index (κ3) is 4.03. The van der Waals surface area contributed by atoms with Gasteiger partial charge in [-0.05, 0) is 24.6 Å². The van der Waals surface area contributed by atoms with Gasteiger partial charge in [-0.3, -0.25) is 9.59 Å². The first kappa shape index (κ1) is 12.7. The van der Waals surface area contributed by atoms with Crippen LogP contribution in [0.25, 0.3) is 0 Å². The fourth-order valence-corrected chi connectivity index (χ4v) is 1.43. The number of hydrogen-bond acceptors (Lipinski definition) is 2. The molecule has 86 valence electrons. The Balaban J connectivity index is 2.57. The zero-order valence-corrected chi connectivity index (χ0v) is 10.1. The fourth-order valence-electron chi connectivity index (χ4n) is 1.30. The quantitative estimate of drug-likeness (QED) is 0.756. The Morgan fingerprint density at radius 1 is 1.25 bits per heavy atom. The molecule has 1 rings (SSSR count). The molecule has 3 nitrogen and oxygen atoms in total. The molecule has 0 unspecified atom stereocenters.